The lowest BCUT2D eigenvalue weighted by Gasteiger charge is -2.18. The van der Waals surface area contributed by atoms with Crippen molar-refractivity contribution < 1.29 is 8.78 Å². The maximum absolute atomic E-state index is 13.2. The van der Waals surface area contributed by atoms with Crippen LogP contribution in [0.4, 0.5) is 14.5 Å². The molecule has 0 aliphatic heterocycles. The van der Waals surface area contributed by atoms with Crippen LogP contribution in [0.3, 0.4) is 0 Å². The topological polar surface area (TPSA) is 12.0 Å². The fourth-order valence-corrected chi connectivity index (χ4v) is 2.02. The van der Waals surface area contributed by atoms with E-state index in [1.54, 1.807) is 6.07 Å². The van der Waals surface area contributed by atoms with Gasteiger partial charge in [0.25, 0.3) is 0 Å². The lowest BCUT2D eigenvalue weighted by molar-refractivity contribution is 0.506. The Kier molecular flexibility index (Phi) is 4.05. The number of nitrogens with one attached hydrogen (secondary N) is 1. The van der Waals surface area contributed by atoms with Gasteiger partial charge in [-0.15, -0.1) is 0 Å². The summed E-state index contributed by atoms with van der Waals surface area (Å²) >= 11 is 5.94. The Morgan fingerprint density at radius 1 is 1.05 bits per heavy atom. The van der Waals surface area contributed by atoms with Gasteiger partial charge in [0.1, 0.15) is 0 Å². The summed E-state index contributed by atoms with van der Waals surface area (Å²) in [7, 11) is 0. The number of aryl methyl sites for hydroxylation is 1. The highest BCUT2D eigenvalue weighted by Gasteiger charge is 2.10. The predicted octanol–water partition coefficient (Wildman–Crippen LogP) is 5.10. The predicted molar refractivity (Wildman–Crippen MR) is 74.6 cm³/mol. The van der Waals surface area contributed by atoms with Crippen LogP contribution in [0.15, 0.2) is 36.4 Å². The van der Waals surface area contributed by atoms with Crippen molar-refractivity contribution in [3.05, 3.63) is 64.2 Å². The molecule has 2 rings (SSSR count). The molecule has 1 unspecified atom stereocenters. The molecule has 2 aromatic carbocycles. The van der Waals surface area contributed by atoms with Gasteiger partial charge < -0.3 is 5.32 Å². The minimum Gasteiger partial charge on any atom is -0.378 e. The minimum atomic E-state index is -0.839. The highest BCUT2D eigenvalue weighted by molar-refractivity contribution is 6.30. The third-order valence-electron chi connectivity index (χ3n) is 3.02. The average Bonchev–Trinajstić information content (AvgIpc) is 2.37. The van der Waals surface area contributed by atoms with Crippen molar-refractivity contribution in [3.63, 3.8) is 0 Å². The first-order chi connectivity index (χ1) is 8.97. The molecule has 0 radical (unpaired) electrons. The molecule has 0 aromatic heterocycles. The molecular weight excluding hydrogens is 268 g/mol. The number of rotatable bonds is 3. The standard InChI is InChI=1S/C15H14ClF2N/c1-9-3-5-12(16)8-15(9)19-10(2)11-4-6-13(17)14(18)7-11/h3-8,10,19H,1-2H3. The van der Waals surface area contributed by atoms with Crippen molar-refractivity contribution in [2.24, 2.45) is 0 Å². The molecule has 0 bridgehead atoms. The first-order valence-electron chi connectivity index (χ1n) is 5.95. The van der Waals surface area contributed by atoms with Gasteiger partial charge in [0, 0.05) is 16.8 Å². The second-order valence-corrected chi connectivity index (χ2v) is 4.94. The van der Waals surface area contributed by atoms with E-state index in [-0.39, 0.29) is 6.04 Å². The molecule has 0 fully saturated rings. The molecule has 4 heteroatoms. The Bertz CT molecular complexity index is 599. The summed E-state index contributed by atoms with van der Waals surface area (Å²) in [6, 6.07) is 9.28. The van der Waals surface area contributed by atoms with Gasteiger partial charge in [-0.25, -0.2) is 8.78 Å². The summed E-state index contributed by atoms with van der Waals surface area (Å²) in [6.45, 7) is 3.84. The highest BCUT2D eigenvalue weighted by atomic mass is 35.5. The molecule has 0 saturated carbocycles. The van der Waals surface area contributed by atoms with Crippen LogP contribution >= 0.6 is 11.6 Å². The van der Waals surface area contributed by atoms with Gasteiger partial charge in [0.2, 0.25) is 0 Å². The number of hydrogen-bond acceptors (Lipinski definition) is 1. The van der Waals surface area contributed by atoms with E-state index in [0.29, 0.717) is 10.6 Å². The van der Waals surface area contributed by atoms with Crippen LogP contribution < -0.4 is 5.32 Å². The van der Waals surface area contributed by atoms with Crippen LogP contribution in [0.25, 0.3) is 0 Å². The van der Waals surface area contributed by atoms with Gasteiger partial charge in [0.15, 0.2) is 11.6 Å². The highest BCUT2D eigenvalue weighted by Crippen LogP contribution is 2.25. The van der Waals surface area contributed by atoms with E-state index in [2.05, 4.69) is 5.32 Å². The summed E-state index contributed by atoms with van der Waals surface area (Å²) in [4.78, 5) is 0. The van der Waals surface area contributed by atoms with Crippen LogP contribution in [-0.4, -0.2) is 0 Å². The second kappa shape index (κ2) is 5.57. The Hall–Kier alpha value is -1.61. The normalized spacial score (nSPS) is 12.3. The molecule has 19 heavy (non-hydrogen) atoms. The Morgan fingerprint density at radius 2 is 1.79 bits per heavy atom. The minimum absolute atomic E-state index is 0.146. The summed E-state index contributed by atoms with van der Waals surface area (Å²) < 4.78 is 26.1. The smallest absolute Gasteiger partial charge is 0.159 e. The first-order valence-corrected chi connectivity index (χ1v) is 6.33. The summed E-state index contributed by atoms with van der Waals surface area (Å²) in [6.07, 6.45) is 0. The molecule has 0 amide bonds. The Balaban J connectivity index is 2.22. The Morgan fingerprint density at radius 3 is 2.47 bits per heavy atom. The third-order valence-corrected chi connectivity index (χ3v) is 3.25. The van der Waals surface area contributed by atoms with Crippen LogP contribution in [0, 0.1) is 18.6 Å². The van der Waals surface area contributed by atoms with Crippen molar-refractivity contribution in [3.8, 4) is 0 Å². The number of halogens is 3. The van der Waals surface area contributed by atoms with Crippen molar-refractivity contribution in [2.45, 2.75) is 19.9 Å². The van der Waals surface area contributed by atoms with E-state index in [1.165, 1.54) is 6.07 Å². The molecule has 100 valence electrons. The second-order valence-electron chi connectivity index (χ2n) is 4.50. The van der Waals surface area contributed by atoms with E-state index < -0.39 is 11.6 Å². The quantitative estimate of drug-likeness (QED) is 0.825. The number of hydrogen-bond donors (Lipinski definition) is 1. The van der Waals surface area contributed by atoms with Gasteiger partial charge >= 0.3 is 0 Å². The summed E-state index contributed by atoms with van der Waals surface area (Å²) in [5.41, 5.74) is 2.60. The summed E-state index contributed by atoms with van der Waals surface area (Å²) in [5, 5.41) is 3.87. The molecule has 0 spiro atoms. The van der Waals surface area contributed by atoms with Crippen molar-refractivity contribution in [1.82, 2.24) is 0 Å². The van der Waals surface area contributed by atoms with E-state index in [4.69, 9.17) is 11.6 Å². The van der Waals surface area contributed by atoms with Crippen molar-refractivity contribution >= 4 is 17.3 Å². The maximum Gasteiger partial charge on any atom is 0.159 e. The van der Waals surface area contributed by atoms with E-state index in [9.17, 15) is 8.78 Å². The van der Waals surface area contributed by atoms with Crippen molar-refractivity contribution in [1.29, 1.82) is 0 Å². The third kappa shape index (κ3) is 3.24. The van der Waals surface area contributed by atoms with Crippen LogP contribution in [0.2, 0.25) is 5.02 Å². The van der Waals surface area contributed by atoms with Gasteiger partial charge in [-0.1, -0.05) is 23.7 Å². The van der Waals surface area contributed by atoms with Gasteiger partial charge in [-0.3, -0.25) is 0 Å². The Labute approximate surface area is 116 Å². The lowest BCUT2D eigenvalue weighted by Crippen LogP contribution is -2.08. The maximum atomic E-state index is 13.2. The molecule has 1 N–H and O–H groups in total. The number of anilines is 1. The molecule has 0 aliphatic carbocycles. The van der Waals surface area contributed by atoms with Crippen molar-refractivity contribution in [2.75, 3.05) is 5.32 Å². The molecule has 2 aromatic rings. The molecular formula is C15H14ClF2N. The first kappa shape index (κ1) is 13.8. The van der Waals surface area contributed by atoms with Crippen LogP contribution in [-0.2, 0) is 0 Å². The van der Waals surface area contributed by atoms with E-state index in [1.807, 2.05) is 32.0 Å². The monoisotopic (exact) mass is 281 g/mol. The zero-order chi connectivity index (χ0) is 14.0. The van der Waals surface area contributed by atoms with E-state index in [0.717, 1.165) is 17.3 Å². The largest absolute Gasteiger partial charge is 0.378 e. The number of benzene rings is 2. The molecule has 0 heterocycles. The van der Waals surface area contributed by atoms with Gasteiger partial charge in [-0.05, 0) is 49.2 Å². The fourth-order valence-electron chi connectivity index (χ4n) is 1.85. The molecule has 1 nitrogen and oxygen atoms in total. The van der Waals surface area contributed by atoms with E-state index >= 15 is 0 Å². The summed E-state index contributed by atoms with van der Waals surface area (Å²) in [5.74, 6) is -1.68. The zero-order valence-electron chi connectivity index (χ0n) is 10.7. The van der Waals surface area contributed by atoms with Crippen LogP contribution in [0.1, 0.15) is 24.1 Å². The average molecular weight is 282 g/mol. The molecule has 0 saturated heterocycles. The SMILES string of the molecule is Cc1ccc(Cl)cc1NC(C)c1ccc(F)c(F)c1. The fraction of sp³-hybridized carbons (Fsp3) is 0.200. The van der Waals surface area contributed by atoms with Gasteiger partial charge in [0.05, 0.1) is 0 Å². The zero-order valence-corrected chi connectivity index (χ0v) is 11.4. The lowest BCUT2D eigenvalue weighted by atomic mass is 10.1. The van der Waals surface area contributed by atoms with Crippen LogP contribution in [0.5, 0.6) is 0 Å². The molecule has 0 aliphatic rings. The molecule has 1 atom stereocenters. The van der Waals surface area contributed by atoms with Gasteiger partial charge in [-0.2, -0.15) is 0 Å².